The summed E-state index contributed by atoms with van der Waals surface area (Å²) in [6.45, 7) is 13.8. The van der Waals surface area contributed by atoms with E-state index in [1.807, 2.05) is 0 Å². The fraction of sp³-hybridized carbons (Fsp3) is 1.00. The number of hydrogen-bond donors (Lipinski definition) is 1. The molecular weight excluding hydrogens is 160 g/mol. The van der Waals surface area contributed by atoms with Gasteiger partial charge < -0.3 is 5.32 Å². The SMILES string of the molecule is CCN(C1CCNC1C)C(C)(C)C. The van der Waals surface area contributed by atoms with E-state index in [0.717, 1.165) is 12.6 Å². The zero-order valence-corrected chi connectivity index (χ0v) is 9.72. The van der Waals surface area contributed by atoms with Crippen molar-refractivity contribution in [2.24, 2.45) is 0 Å². The average Bonchev–Trinajstić information content (AvgIpc) is 2.35. The first-order valence-electron chi connectivity index (χ1n) is 5.47. The minimum absolute atomic E-state index is 0.305. The Morgan fingerprint density at radius 2 is 2.00 bits per heavy atom. The van der Waals surface area contributed by atoms with Crippen LogP contribution in [0.5, 0.6) is 0 Å². The summed E-state index contributed by atoms with van der Waals surface area (Å²) in [5.41, 5.74) is 0.305. The van der Waals surface area contributed by atoms with Crippen molar-refractivity contribution < 1.29 is 0 Å². The van der Waals surface area contributed by atoms with Crippen LogP contribution in [0.3, 0.4) is 0 Å². The lowest BCUT2D eigenvalue weighted by atomic mass is 9.99. The molecule has 0 aromatic rings. The van der Waals surface area contributed by atoms with Gasteiger partial charge >= 0.3 is 0 Å². The zero-order chi connectivity index (χ0) is 10.1. The van der Waals surface area contributed by atoms with E-state index in [-0.39, 0.29) is 0 Å². The highest BCUT2D eigenvalue weighted by Gasteiger charge is 2.33. The predicted molar refractivity (Wildman–Crippen MR) is 58.0 cm³/mol. The number of hydrogen-bond acceptors (Lipinski definition) is 2. The Labute approximate surface area is 82.7 Å². The third-order valence-electron chi connectivity index (χ3n) is 3.09. The van der Waals surface area contributed by atoms with Gasteiger partial charge in [0.1, 0.15) is 0 Å². The molecule has 0 spiro atoms. The van der Waals surface area contributed by atoms with E-state index in [1.54, 1.807) is 0 Å². The molecular formula is C11H24N2. The van der Waals surface area contributed by atoms with Crippen LogP contribution in [0.1, 0.15) is 41.0 Å². The van der Waals surface area contributed by atoms with E-state index in [9.17, 15) is 0 Å². The van der Waals surface area contributed by atoms with Crippen molar-refractivity contribution in [2.75, 3.05) is 13.1 Å². The minimum Gasteiger partial charge on any atom is -0.313 e. The molecule has 0 aromatic carbocycles. The van der Waals surface area contributed by atoms with Gasteiger partial charge in [0, 0.05) is 17.6 Å². The molecule has 1 aliphatic heterocycles. The van der Waals surface area contributed by atoms with Crippen LogP contribution >= 0.6 is 0 Å². The lowest BCUT2D eigenvalue weighted by molar-refractivity contribution is 0.0836. The number of rotatable bonds is 2. The van der Waals surface area contributed by atoms with Crippen molar-refractivity contribution in [3.63, 3.8) is 0 Å². The van der Waals surface area contributed by atoms with Crippen LogP contribution in [0.4, 0.5) is 0 Å². The second kappa shape index (κ2) is 3.97. The standard InChI is InChI=1S/C11H24N2/c1-6-13(11(3,4)5)10-7-8-12-9(10)2/h9-10,12H,6-8H2,1-5H3. The highest BCUT2D eigenvalue weighted by Crippen LogP contribution is 2.23. The van der Waals surface area contributed by atoms with Gasteiger partial charge in [0.2, 0.25) is 0 Å². The van der Waals surface area contributed by atoms with Crippen LogP contribution in [0.15, 0.2) is 0 Å². The quantitative estimate of drug-likeness (QED) is 0.704. The topological polar surface area (TPSA) is 15.3 Å². The molecule has 0 saturated carbocycles. The first kappa shape index (κ1) is 11.0. The Bertz CT molecular complexity index is 160. The van der Waals surface area contributed by atoms with E-state index in [2.05, 4.69) is 44.8 Å². The zero-order valence-electron chi connectivity index (χ0n) is 9.72. The summed E-state index contributed by atoms with van der Waals surface area (Å²) in [6.07, 6.45) is 1.30. The third-order valence-corrected chi connectivity index (χ3v) is 3.09. The van der Waals surface area contributed by atoms with Gasteiger partial charge in [-0.05, 0) is 47.2 Å². The first-order valence-corrected chi connectivity index (χ1v) is 5.47. The van der Waals surface area contributed by atoms with E-state index in [4.69, 9.17) is 0 Å². The van der Waals surface area contributed by atoms with E-state index in [0.29, 0.717) is 11.6 Å². The van der Waals surface area contributed by atoms with Gasteiger partial charge in [0.05, 0.1) is 0 Å². The Balaban J connectivity index is 2.66. The lowest BCUT2D eigenvalue weighted by Gasteiger charge is -2.41. The maximum absolute atomic E-state index is 3.51. The van der Waals surface area contributed by atoms with E-state index >= 15 is 0 Å². The van der Waals surface area contributed by atoms with Gasteiger partial charge in [-0.25, -0.2) is 0 Å². The van der Waals surface area contributed by atoms with Crippen LogP contribution in [-0.4, -0.2) is 35.6 Å². The minimum atomic E-state index is 0.305. The smallest absolute Gasteiger partial charge is 0.0263 e. The molecule has 2 heteroatoms. The summed E-state index contributed by atoms with van der Waals surface area (Å²) in [4.78, 5) is 2.61. The van der Waals surface area contributed by atoms with Crippen LogP contribution in [0.2, 0.25) is 0 Å². The predicted octanol–water partition coefficient (Wildman–Crippen LogP) is 1.86. The van der Waals surface area contributed by atoms with Crippen LogP contribution in [0, 0.1) is 0 Å². The first-order chi connectivity index (χ1) is 5.96. The Morgan fingerprint density at radius 1 is 1.38 bits per heavy atom. The molecule has 1 fully saturated rings. The van der Waals surface area contributed by atoms with Gasteiger partial charge in [0.25, 0.3) is 0 Å². The fourth-order valence-corrected chi connectivity index (χ4v) is 2.48. The summed E-state index contributed by atoms with van der Waals surface area (Å²) < 4.78 is 0. The summed E-state index contributed by atoms with van der Waals surface area (Å²) in [6, 6.07) is 1.38. The molecule has 2 unspecified atom stereocenters. The molecule has 0 aromatic heterocycles. The second-order valence-corrected chi connectivity index (χ2v) is 5.06. The third kappa shape index (κ3) is 2.44. The Hall–Kier alpha value is -0.0800. The molecule has 0 bridgehead atoms. The normalized spacial score (nSPS) is 30.0. The molecule has 1 saturated heterocycles. The highest BCUT2D eigenvalue weighted by molar-refractivity contribution is 4.92. The number of likely N-dealkylation sites (N-methyl/N-ethyl adjacent to an activating group) is 1. The molecule has 0 amide bonds. The van der Waals surface area contributed by atoms with Crippen molar-refractivity contribution >= 4 is 0 Å². The van der Waals surface area contributed by atoms with Gasteiger partial charge in [-0.2, -0.15) is 0 Å². The molecule has 13 heavy (non-hydrogen) atoms. The molecule has 0 aliphatic carbocycles. The molecule has 2 nitrogen and oxygen atoms in total. The molecule has 0 radical (unpaired) electrons. The molecule has 78 valence electrons. The largest absolute Gasteiger partial charge is 0.313 e. The number of nitrogens with one attached hydrogen (secondary N) is 1. The van der Waals surface area contributed by atoms with Gasteiger partial charge in [0.15, 0.2) is 0 Å². The van der Waals surface area contributed by atoms with Crippen molar-refractivity contribution in [3.05, 3.63) is 0 Å². The molecule has 1 N–H and O–H groups in total. The van der Waals surface area contributed by atoms with Crippen LogP contribution in [-0.2, 0) is 0 Å². The summed E-state index contributed by atoms with van der Waals surface area (Å²) in [5, 5.41) is 3.51. The van der Waals surface area contributed by atoms with Gasteiger partial charge in [-0.15, -0.1) is 0 Å². The fourth-order valence-electron chi connectivity index (χ4n) is 2.48. The highest BCUT2D eigenvalue weighted by atomic mass is 15.2. The van der Waals surface area contributed by atoms with E-state index < -0.39 is 0 Å². The summed E-state index contributed by atoms with van der Waals surface area (Å²) in [5.74, 6) is 0. The Morgan fingerprint density at radius 3 is 2.31 bits per heavy atom. The molecule has 1 heterocycles. The maximum Gasteiger partial charge on any atom is 0.0263 e. The number of nitrogens with zero attached hydrogens (tertiary/aromatic N) is 1. The summed E-state index contributed by atoms with van der Waals surface area (Å²) >= 11 is 0. The maximum atomic E-state index is 3.51. The van der Waals surface area contributed by atoms with Crippen molar-refractivity contribution in [1.82, 2.24) is 10.2 Å². The van der Waals surface area contributed by atoms with Crippen molar-refractivity contribution in [1.29, 1.82) is 0 Å². The monoisotopic (exact) mass is 184 g/mol. The van der Waals surface area contributed by atoms with Gasteiger partial charge in [-0.3, -0.25) is 4.90 Å². The molecule has 2 atom stereocenters. The van der Waals surface area contributed by atoms with Crippen molar-refractivity contribution in [3.8, 4) is 0 Å². The Kier molecular flexibility index (Phi) is 3.36. The second-order valence-electron chi connectivity index (χ2n) is 5.06. The van der Waals surface area contributed by atoms with Crippen LogP contribution < -0.4 is 5.32 Å². The average molecular weight is 184 g/mol. The molecule has 1 rings (SSSR count). The van der Waals surface area contributed by atoms with E-state index in [1.165, 1.54) is 13.0 Å². The molecule has 1 aliphatic rings. The van der Waals surface area contributed by atoms with Crippen molar-refractivity contribution in [2.45, 2.75) is 58.7 Å². The summed E-state index contributed by atoms with van der Waals surface area (Å²) in [7, 11) is 0. The lowest BCUT2D eigenvalue weighted by Crippen LogP contribution is -2.51. The van der Waals surface area contributed by atoms with Gasteiger partial charge in [-0.1, -0.05) is 6.92 Å². The van der Waals surface area contributed by atoms with Crippen LogP contribution in [0.25, 0.3) is 0 Å².